The zero-order valence-corrected chi connectivity index (χ0v) is 10.8. The number of rotatable bonds is 3. The van der Waals surface area contributed by atoms with E-state index < -0.39 is 0 Å². The van der Waals surface area contributed by atoms with Crippen LogP contribution in [-0.2, 0) is 11.4 Å². The summed E-state index contributed by atoms with van der Waals surface area (Å²) in [4.78, 5) is 11.9. The van der Waals surface area contributed by atoms with Crippen LogP contribution in [0.4, 0.5) is 11.4 Å². The van der Waals surface area contributed by atoms with Crippen LogP contribution in [0, 0.1) is 0 Å². The van der Waals surface area contributed by atoms with Crippen LogP contribution in [0.2, 0.25) is 0 Å². The maximum atomic E-state index is 11.9. The van der Waals surface area contributed by atoms with Crippen molar-refractivity contribution in [3.8, 4) is 0 Å². The molecule has 20 heavy (non-hydrogen) atoms. The van der Waals surface area contributed by atoms with Gasteiger partial charge in [0.25, 0.3) is 5.91 Å². The minimum Gasteiger partial charge on any atom is -0.392 e. The average molecular weight is 266 g/mol. The fraction of sp³-hybridized carbons (Fsp3) is 0.0625. The van der Waals surface area contributed by atoms with E-state index in [9.17, 15) is 4.79 Å². The molecule has 2 aromatic rings. The molecule has 0 radical (unpaired) electrons. The molecule has 3 N–H and O–H groups in total. The topological polar surface area (TPSA) is 61.4 Å². The maximum Gasteiger partial charge on any atom is 0.257 e. The number of aliphatic hydroxyl groups excluding tert-OH is 1. The standard InChI is InChI=1S/C16H14N2O2/c19-10-11-4-3-5-12(8-11)17-9-14-13-6-1-2-7-15(13)18-16(14)20/h1-9,17,19H,10H2,(H,18,20). The zero-order chi connectivity index (χ0) is 13.9. The molecule has 0 unspecified atom stereocenters. The molecule has 1 aliphatic rings. The predicted octanol–water partition coefficient (Wildman–Crippen LogP) is 2.58. The van der Waals surface area contributed by atoms with Crippen molar-refractivity contribution >= 4 is 22.9 Å². The normalized spacial score (nSPS) is 15.1. The summed E-state index contributed by atoms with van der Waals surface area (Å²) in [5, 5.41) is 15.0. The van der Waals surface area contributed by atoms with Crippen LogP contribution in [0.5, 0.6) is 0 Å². The van der Waals surface area contributed by atoms with Crippen molar-refractivity contribution in [2.75, 3.05) is 10.6 Å². The number of anilines is 2. The van der Waals surface area contributed by atoms with Crippen molar-refractivity contribution in [2.45, 2.75) is 6.61 Å². The van der Waals surface area contributed by atoms with E-state index in [0.717, 1.165) is 22.5 Å². The Kier molecular flexibility index (Phi) is 3.23. The Hall–Kier alpha value is -2.59. The first kappa shape index (κ1) is 12.4. The monoisotopic (exact) mass is 266 g/mol. The Labute approximate surface area is 116 Å². The van der Waals surface area contributed by atoms with Gasteiger partial charge in [-0.1, -0.05) is 30.3 Å². The van der Waals surface area contributed by atoms with Gasteiger partial charge in [-0.25, -0.2) is 0 Å². The highest BCUT2D eigenvalue weighted by atomic mass is 16.3. The van der Waals surface area contributed by atoms with E-state index in [1.165, 1.54) is 0 Å². The summed E-state index contributed by atoms with van der Waals surface area (Å²) in [6.07, 6.45) is 1.69. The summed E-state index contributed by atoms with van der Waals surface area (Å²) in [5.41, 5.74) is 3.99. The SMILES string of the molecule is O=C1Nc2ccccc2C1=CNc1cccc(CO)c1. The van der Waals surface area contributed by atoms with Gasteiger partial charge in [-0.05, 0) is 23.8 Å². The zero-order valence-electron chi connectivity index (χ0n) is 10.8. The fourth-order valence-electron chi connectivity index (χ4n) is 2.20. The average Bonchev–Trinajstić information content (AvgIpc) is 2.81. The van der Waals surface area contributed by atoms with E-state index in [1.54, 1.807) is 6.20 Å². The molecule has 0 saturated carbocycles. The van der Waals surface area contributed by atoms with Crippen molar-refractivity contribution in [1.29, 1.82) is 0 Å². The summed E-state index contributed by atoms with van der Waals surface area (Å²) in [6, 6.07) is 15.0. The molecule has 0 atom stereocenters. The highest BCUT2D eigenvalue weighted by Gasteiger charge is 2.23. The van der Waals surface area contributed by atoms with Gasteiger partial charge in [-0.2, -0.15) is 0 Å². The van der Waals surface area contributed by atoms with Crippen LogP contribution in [-0.4, -0.2) is 11.0 Å². The van der Waals surface area contributed by atoms with E-state index in [1.807, 2.05) is 48.5 Å². The third kappa shape index (κ3) is 2.29. The largest absolute Gasteiger partial charge is 0.392 e. The van der Waals surface area contributed by atoms with Crippen molar-refractivity contribution in [3.05, 3.63) is 65.9 Å². The lowest BCUT2D eigenvalue weighted by atomic mass is 10.1. The summed E-state index contributed by atoms with van der Waals surface area (Å²) in [6.45, 7) is -0.00455. The number of para-hydroxylation sites is 1. The minimum atomic E-state index is -0.114. The van der Waals surface area contributed by atoms with Crippen LogP contribution in [0.25, 0.3) is 5.57 Å². The number of fused-ring (bicyclic) bond motifs is 1. The molecule has 1 amide bonds. The first-order valence-electron chi connectivity index (χ1n) is 6.35. The summed E-state index contributed by atoms with van der Waals surface area (Å²) >= 11 is 0. The highest BCUT2D eigenvalue weighted by molar-refractivity contribution is 6.31. The van der Waals surface area contributed by atoms with Gasteiger partial charge in [0.1, 0.15) is 0 Å². The number of benzene rings is 2. The molecule has 4 heteroatoms. The molecule has 0 bridgehead atoms. The molecule has 1 heterocycles. The smallest absolute Gasteiger partial charge is 0.257 e. The Morgan fingerprint density at radius 3 is 2.85 bits per heavy atom. The lowest BCUT2D eigenvalue weighted by molar-refractivity contribution is -0.110. The van der Waals surface area contributed by atoms with Gasteiger partial charge in [-0.15, -0.1) is 0 Å². The third-order valence-corrected chi connectivity index (χ3v) is 3.20. The summed E-state index contributed by atoms with van der Waals surface area (Å²) in [5.74, 6) is -0.114. The molecule has 1 aliphatic heterocycles. The van der Waals surface area contributed by atoms with Gasteiger partial charge in [0, 0.05) is 23.1 Å². The van der Waals surface area contributed by atoms with Gasteiger partial charge in [-0.3, -0.25) is 4.79 Å². The molecule has 0 aliphatic carbocycles. The van der Waals surface area contributed by atoms with E-state index >= 15 is 0 Å². The van der Waals surface area contributed by atoms with Gasteiger partial charge < -0.3 is 15.7 Å². The summed E-state index contributed by atoms with van der Waals surface area (Å²) in [7, 11) is 0. The van der Waals surface area contributed by atoms with Gasteiger partial charge in [0.15, 0.2) is 0 Å². The number of nitrogens with one attached hydrogen (secondary N) is 2. The summed E-state index contributed by atoms with van der Waals surface area (Å²) < 4.78 is 0. The second-order valence-corrected chi connectivity index (χ2v) is 4.56. The van der Waals surface area contributed by atoms with Crippen LogP contribution < -0.4 is 10.6 Å². The maximum absolute atomic E-state index is 11.9. The molecule has 0 aromatic heterocycles. The Morgan fingerprint density at radius 2 is 2.00 bits per heavy atom. The Morgan fingerprint density at radius 1 is 1.15 bits per heavy atom. The molecule has 2 aromatic carbocycles. The predicted molar refractivity (Wildman–Crippen MR) is 79.0 cm³/mol. The van der Waals surface area contributed by atoms with Crippen molar-refractivity contribution in [2.24, 2.45) is 0 Å². The number of hydrogen-bond donors (Lipinski definition) is 3. The second-order valence-electron chi connectivity index (χ2n) is 4.56. The molecule has 3 rings (SSSR count). The first-order valence-corrected chi connectivity index (χ1v) is 6.35. The lowest BCUT2D eigenvalue weighted by Gasteiger charge is -2.04. The second kappa shape index (κ2) is 5.19. The van der Waals surface area contributed by atoms with Crippen LogP contribution in [0.3, 0.4) is 0 Å². The first-order chi connectivity index (χ1) is 9.78. The molecule has 0 spiro atoms. The van der Waals surface area contributed by atoms with E-state index in [-0.39, 0.29) is 12.5 Å². The number of amides is 1. The van der Waals surface area contributed by atoms with Crippen LogP contribution in [0.1, 0.15) is 11.1 Å². The third-order valence-electron chi connectivity index (χ3n) is 3.20. The molecule has 4 nitrogen and oxygen atoms in total. The minimum absolute atomic E-state index is 0.00455. The molecule has 0 fully saturated rings. The Balaban J connectivity index is 1.87. The molecular weight excluding hydrogens is 252 g/mol. The van der Waals surface area contributed by atoms with Crippen molar-refractivity contribution in [1.82, 2.24) is 0 Å². The Bertz CT molecular complexity index is 692. The number of aliphatic hydroxyl groups is 1. The molecular formula is C16H14N2O2. The van der Waals surface area contributed by atoms with E-state index in [0.29, 0.717) is 5.57 Å². The number of hydrogen-bond acceptors (Lipinski definition) is 3. The highest BCUT2D eigenvalue weighted by Crippen LogP contribution is 2.31. The van der Waals surface area contributed by atoms with Crippen LogP contribution >= 0.6 is 0 Å². The van der Waals surface area contributed by atoms with E-state index in [2.05, 4.69) is 10.6 Å². The quantitative estimate of drug-likeness (QED) is 0.748. The van der Waals surface area contributed by atoms with Crippen molar-refractivity contribution < 1.29 is 9.90 Å². The lowest BCUT2D eigenvalue weighted by Crippen LogP contribution is -2.05. The van der Waals surface area contributed by atoms with Crippen LogP contribution in [0.15, 0.2) is 54.7 Å². The molecule has 0 saturated heterocycles. The number of carbonyl (C=O) groups excluding carboxylic acids is 1. The fourth-order valence-corrected chi connectivity index (χ4v) is 2.20. The van der Waals surface area contributed by atoms with E-state index in [4.69, 9.17) is 5.11 Å². The van der Waals surface area contributed by atoms with Gasteiger partial charge in [0.05, 0.1) is 12.2 Å². The van der Waals surface area contributed by atoms with Gasteiger partial charge in [0.2, 0.25) is 0 Å². The van der Waals surface area contributed by atoms with Gasteiger partial charge >= 0.3 is 0 Å². The molecule has 100 valence electrons. The number of carbonyl (C=O) groups is 1. The van der Waals surface area contributed by atoms with Crippen molar-refractivity contribution in [3.63, 3.8) is 0 Å².